The summed E-state index contributed by atoms with van der Waals surface area (Å²) in [6.45, 7) is 6.22. The van der Waals surface area contributed by atoms with Crippen LogP contribution in [0, 0.1) is 0 Å². The van der Waals surface area contributed by atoms with E-state index in [0.29, 0.717) is 5.96 Å². The predicted octanol–water partition coefficient (Wildman–Crippen LogP) is 2.63. The average Bonchev–Trinajstić information content (AvgIpc) is 2.67. The Hall–Kier alpha value is -2.53. The van der Waals surface area contributed by atoms with E-state index in [1.807, 2.05) is 30.3 Å². The summed E-state index contributed by atoms with van der Waals surface area (Å²) in [6.07, 6.45) is 1.03. The first-order valence-corrected chi connectivity index (χ1v) is 8.95. The molecule has 5 heteroatoms. The molecule has 2 aromatic rings. The molecule has 0 spiro atoms. The van der Waals surface area contributed by atoms with Crippen molar-refractivity contribution in [2.24, 2.45) is 10.7 Å². The number of nitrogens with one attached hydrogen (secondary N) is 1. The van der Waals surface area contributed by atoms with Crippen LogP contribution in [-0.2, 0) is 0 Å². The van der Waals surface area contributed by atoms with E-state index in [4.69, 9.17) is 5.73 Å². The van der Waals surface area contributed by atoms with Crippen molar-refractivity contribution in [1.82, 2.24) is 4.90 Å². The third-order valence-electron chi connectivity index (χ3n) is 4.45. The zero-order valence-corrected chi connectivity index (χ0v) is 14.6. The molecule has 0 amide bonds. The minimum absolute atomic E-state index is 0.486. The van der Waals surface area contributed by atoms with E-state index in [1.165, 1.54) is 5.69 Å². The van der Waals surface area contributed by atoms with E-state index in [1.54, 1.807) is 0 Å². The molecule has 0 unspecified atom stereocenters. The smallest absolute Gasteiger partial charge is 0.193 e. The quantitative estimate of drug-likeness (QED) is 0.483. The summed E-state index contributed by atoms with van der Waals surface area (Å²) in [7, 11) is 0. The van der Waals surface area contributed by atoms with Crippen molar-refractivity contribution in [2.75, 3.05) is 49.5 Å². The van der Waals surface area contributed by atoms with E-state index in [2.05, 4.69) is 50.4 Å². The van der Waals surface area contributed by atoms with Crippen LogP contribution in [0.3, 0.4) is 0 Å². The number of hydrogen-bond donors (Lipinski definition) is 2. The van der Waals surface area contributed by atoms with Crippen LogP contribution in [-0.4, -0.2) is 50.1 Å². The molecule has 0 radical (unpaired) electrons. The van der Waals surface area contributed by atoms with Crippen LogP contribution < -0.4 is 16.0 Å². The molecule has 0 atom stereocenters. The van der Waals surface area contributed by atoms with Gasteiger partial charge in [-0.25, -0.2) is 0 Å². The number of guanidine groups is 1. The number of hydrogen-bond acceptors (Lipinski definition) is 3. The number of para-hydroxylation sites is 2. The molecule has 1 aliphatic heterocycles. The molecular weight excluding hydrogens is 310 g/mol. The summed E-state index contributed by atoms with van der Waals surface area (Å²) in [4.78, 5) is 9.38. The maximum Gasteiger partial charge on any atom is 0.193 e. The first-order chi connectivity index (χ1) is 12.3. The lowest BCUT2D eigenvalue weighted by Gasteiger charge is -2.36. The summed E-state index contributed by atoms with van der Waals surface area (Å²) in [5.41, 5.74) is 8.22. The number of benzene rings is 2. The Morgan fingerprint density at radius 1 is 0.920 bits per heavy atom. The number of nitrogens with zero attached hydrogens (tertiary/aromatic N) is 3. The highest BCUT2D eigenvalue weighted by Crippen LogP contribution is 2.15. The van der Waals surface area contributed by atoms with Gasteiger partial charge in [-0.1, -0.05) is 36.4 Å². The van der Waals surface area contributed by atoms with Crippen molar-refractivity contribution >= 4 is 17.3 Å². The van der Waals surface area contributed by atoms with Gasteiger partial charge in [0.05, 0.1) is 0 Å². The molecular formula is C20H27N5. The summed E-state index contributed by atoms with van der Waals surface area (Å²) in [5, 5.41) is 3.11. The van der Waals surface area contributed by atoms with Crippen LogP contribution in [0.1, 0.15) is 6.42 Å². The van der Waals surface area contributed by atoms with Gasteiger partial charge < -0.3 is 16.0 Å². The first kappa shape index (κ1) is 17.3. The Kier molecular flexibility index (Phi) is 6.29. The fourth-order valence-electron chi connectivity index (χ4n) is 3.07. The standard InChI is InChI=1S/C20H27N5/c21-20(23-18-8-3-1-4-9-18)22-12-7-13-24-14-16-25(17-15-24)19-10-5-2-6-11-19/h1-6,8-11H,7,12-17H2,(H3,21,22,23). The molecule has 0 aliphatic carbocycles. The molecule has 1 saturated heterocycles. The zero-order valence-electron chi connectivity index (χ0n) is 14.6. The second-order valence-electron chi connectivity index (χ2n) is 6.28. The zero-order chi connectivity index (χ0) is 17.3. The summed E-state index contributed by atoms with van der Waals surface area (Å²) in [6, 6.07) is 20.5. The van der Waals surface area contributed by atoms with Crippen LogP contribution in [0.5, 0.6) is 0 Å². The average molecular weight is 337 g/mol. The lowest BCUT2D eigenvalue weighted by molar-refractivity contribution is 0.256. The highest BCUT2D eigenvalue weighted by atomic mass is 15.3. The summed E-state index contributed by atoms with van der Waals surface area (Å²) in [5.74, 6) is 0.486. The van der Waals surface area contributed by atoms with E-state index in [0.717, 1.165) is 51.4 Å². The number of anilines is 2. The van der Waals surface area contributed by atoms with E-state index in [-0.39, 0.29) is 0 Å². The van der Waals surface area contributed by atoms with Crippen molar-refractivity contribution in [3.63, 3.8) is 0 Å². The molecule has 1 heterocycles. The molecule has 2 aromatic carbocycles. The first-order valence-electron chi connectivity index (χ1n) is 8.95. The third kappa shape index (κ3) is 5.50. The second kappa shape index (κ2) is 9.08. The molecule has 0 aromatic heterocycles. The van der Waals surface area contributed by atoms with E-state index < -0.39 is 0 Å². The Labute approximate surface area is 150 Å². The fraction of sp³-hybridized carbons (Fsp3) is 0.350. The lowest BCUT2D eigenvalue weighted by atomic mass is 10.2. The number of rotatable bonds is 6. The van der Waals surface area contributed by atoms with Crippen molar-refractivity contribution in [1.29, 1.82) is 0 Å². The van der Waals surface area contributed by atoms with Gasteiger partial charge in [0.1, 0.15) is 0 Å². The number of piperazine rings is 1. The molecule has 1 aliphatic rings. The fourth-order valence-corrected chi connectivity index (χ4v) is 3.07. The van der Waals surface area contributed by atoms with Crippen LogP contribution in [0.4, 0.5) is 11.4 Å². The summed E-state index contributed by atoms with van der Waals surface area (Å²) < 4.78 is 0. The Morgan fingerprint density at radius 2 is 1.56 bits per heavy atom. The van der Waals surface area contributed by atoms with Gasteiger partial charge in [-0.05, 0) is 30.7 Å². The maximum atomic E-state index is 5.93. The van der Waals surface area contributed by atoms with Gasteiger partial charge >= 0.3 is 0 Å². The summed E-state index contributed by atoms with van der Waals surface area (Å²) >= 11 is 0. The van der Waals surface area contributed by atoms with Crippen molar-refractivity contribution in [2.45, 2.75) is 6.42 Å². The molecule has 1 fully saturated rings. The number of nitrogens with two attached hydrogens (primary N) is 1. The van der Waals surface area contributed by atoms with Crippen LogP contribution in [0.2, 0.25) is 0 Å². The minimum Gasteiger partial charge on any atom is -0.370 e. The Bertz CT molecular complexity index is 648. The topological polar surface area (TPSA) is 56.9 Å². The molecule has 3 N–H and O–H groups in total. The van der Waals surface area contributed by atoms with Crippen LogP contribution >= 0.6 is 0 Å². The Balaban J connectivity index is 1.34. The van der Waals surface area contributed by atoms with E-state index >= 15 is 0 Å². The van der Waals surface area contributed by atoms with Crippen LogP contribution in [0.25, 0.3) is 0 Å². The predicted molar refractivity (Wildman–Crippen MR) is 106 cm³/mol. The normalized spacial score (nSPS) is 16.0. The van der Waals surface area contributed by atoms with Crippen molar-refractivity contribution < 1.29 is 0 Å². The molecule has 3 rings (SSSR count). The SMILES string of the molecule is NC(=NCCCN1CCN(c2ccccc2)CC1)Nc1ccccc1. The molecule has 25 heavy (non-hydrogen) atoms. The minimum atomic E-state index is 0.486. The molecule has 0 saturated carbocycles. The second-order valence-corrected chi connectivity index (χ2v) is 6.28. The monoisotopic (exact) mass is 337 g/mol. The number of aliphatic imine (C=N–C) groups is 1. The third-order valence-corrected chi connectivity index (χ3v) is 4.45. The largest absolute Gasteiger partial charge is 0.370 e. The molecule has 5 nitrogen and oxygen atoms in total. The van der Waals surface area contributed by atoms with Gasteiger partial charge in [-0.15, -0.1) is 0 Å². The molecule has 0 bridgehead atoms. The van der Waals surface area contributed by atoms with E-state index in [9.17, 15) is 0 Å². The highest BCUT2D eigenvalue weighted by Gasteiger charge is 2.16. The van der Waals surface area contributed by atoms with Gasteiger partial charge in [0.2, 0.25) is 0 Å². The van der Waals surface area contributed by atoms with Crippen molar-refractivity contribution in [3.05, 3.63) is 60.7 Å². The van der Waals surface area contributed by atoms with Gasteiger partial charge in [-0.2, -0.15) is 0 Å². The Morgan fingerprint density at radius 3 is 2.24 bits per heavy atom. The van der Waals surface area contributed by atoms with Gasteiger partial charge in [0.15, 0.2) is 5.96 Å². The van der Waals surface area contributed by atoms with Crippen molar-refractivity contribution in [3.8, 4) is 0 Å². The van der Waals surface area contributed by atoms with Gasteiger partial charge in [0, 0.05) is 50.6 Å². The molecule has 132 valence electrons. The highest BCUT2D eigenvalue weighted by molar-refractivity contribution is 5.92. The van der Waals surface area contributed by atoms with Gasteiger partial charge in [0.25, 0.3) is 0 Å². The van der Waals surface area contributed by atoms with Crippen LogP contribution in [0.15, 0.2) is 65.7 Å². The lowest BCUT2D eigenvalue weighted by Crippen LogP contribution is -2.46. The van der Waals surface area contributed by atoms with Gasteiger partial charge in [-0.3, -0.25) is 9.89 Å². The maximum absolute atomic E-state index is 5.93.